The molecular weight excluding hydrogens is 453 g/mol. The van der Waals surface area contributed by atoms with Gasteiger partial charge in [-0.15, -0.1) is 0 Å². The molecule has 0 spiro atoms. The Morgan fingerprint density at radius 3 is 2.42 bits per heavy atom. The summed E-state index contributed by atoms with van der Waals surface area (Å²) in [7, 11) is 0. The van der Waals surface area contributed by atoms with E-state index in [1.165, 1.54) is 4.90 Å². The minimum absolute atomic E-state index is 0.176. The van der Waals surface area contributed by atoms with Crippen LogP contribution in [0.3, 0.4) is 0 Å². The average Bonchev–Trinajstić information content (AvgIpc) is 3.01. The van der Waals surface area contributed by atoms with Gasteiger partial charge in [0.1, 0.15) is 12.4 Å². The summed E-state index contributed by atoms with van der Waals surface area (Å²) in [5.41, 5.74) is 2.54. The summed E-state index contributed by atoms with van der Waals surface area (Å²) < 4.78 is 5.78. The molecule has 0 bridgehead atoms. The van der Waals surface area contributed by atoms with E-state index in [1.807, 2.05) is 36.4 Å². The Labute approximate surface area is 194 Å². The monoisotopic (exact) mass is 469 g/mol. The van der Waals surface area contributed by atoms with E-state index in [1.54, 1.807) is 42.5 Å². The zero-order valence-electron chi connectivity index (χ0n) is 16.3. The van der Waals surface area contributed by atoms with Crippen LogP contribution >= 0.6 is 35.0 Å². The second-order valence-corrected chi connectivity index (χ2v) is 8.70. The molecule has 3 aromatic carbocycles. The number of nitrogens with zero attached hydrogens (tertiary/aromatic N) is 1. The molecule has 0 radical (unpaired) electrons. The van der Waals surface area contributed by atoms with Crippen molar-refractivity contribution in [3.8, 4) is 5.75 Å². The smallest absolute Gasteiger partial charge is 0.293 e. The molecule has 31 heavy (non-hydrogen) atoms. The highest BCUT2D eigenvalue weighted by Gasteiger charge is 2.35. The van der Waals surface area contributed by atoms with Gasteiger partial charge in [-0.25, -0.2) is 0 Å². The predicted molar refractivity (Wildman–Crippen MR) is 125 cm³/mol. The molecule has 1 heterocycles. The fraction of sp³-hybridized carbons (Fsp3) is 0.0833. The minimum Gasteiger partial charge on any atom is -0.487 e. The molecule has 0 N–H and O–H groups in total. The number of halogens is 2. The number of hydrogen-bond acceptors (Lipinski definition) is 4. The maximum Gasteiger partial charge on any atom is 0.293 e. The molecule has 1 saturated heterocycles. The molecule has 7 heteroatoms. The largest absolute Gasteiger partial charge is 0.487 e. The Bertz CT molecular complexity index is 1160. The number of hydrogen-bond donors (Lipinski definition) is 0. The molecule has 3 aromatic rings. The van der Waals surface area contributed by atoms with Crippen molar-refractivity contribution >= 4 is 52.2 Å². The summed E-state index contributed by atoms with van der Waals surface area (Å²) in [6.07, 6.45) is 1.66. The van der Waals surface area contributed by atoms with E-state index in [2.05, 4.69) is 0 Å². The van der Waals surface area contributed by atoms with Crippen LogP contribution in [0.15, 0.2) is 77.7 Å². The molecule has 1 aliphatic rings. The number of thioether (sulfide) groups is 1. The van der Waals surface area contributed by atoms with Crippen LogP contribution in [-0.2, 0) is 17.9 Å². The molecule has 0 unspecified atom stereocenters. The van der Waals surface area contributed by atoms with Gasteiger partial charge in [0.05, 0.1) is 16.5 Å². The highest BCUT2D eigenvalue weighted by atomic mass is 35.5. The van der Waals surface area contributed by atoms with Crippen molar-refractivity contribution < 1.29 is 14.3 Å². The third-order valence-corrected chi connectivity index (χ3v) is 6.03. The Morgan fingerprint density at radius 1 is 0.903 bits per heavy atom. The molecule has 0 aromatic heterocycles. The number of ether oxygens (including phenoxy) is 1. The first-order valence-electron chi connectivity index (χ1n) is 9.46. The van der Waals surface area contributed by atoms with Gasteiger partial charge in [-0.05, 0) is 58.8 Å². The van der Waals surface area contributed by atoms with E-state index in [0.29, 0.717) is 32.9 Å². The summed E-state index contributed by atoms with van der Waals surface area (Å²) in [5, 5.41) is 0.678. The van der Waals surface area contributed by atoms with Crippen LogP contribution in [0.2, 0.25) is 10.0 Å². The Kier molecular flexibility index (Phi) is 6.66. The third kappa shape index (κ3) is 5.31. The van der Waals surface area contributed by atoms with Gasteiger partial charge < -0.3 is 4.74 Å². The SMILES string of the molecule is O=C1S/C(=C\c2ccc(OCc3ccccc3)c(Cl)c2)C(=O)N1Cc1cccc(Cl)c1. The van der Waals surface area contributed by atoms with E-state index in [9.17, 15) is 9.59 Å². The van der Waals surface area contributed by atoms with Crippen LogP contribution < -0.4 is 4.74 Å². The van der Waals surface area contributed by atoms with Gasteiger partial charge in [0.2, 0.25) is 0 Å². The lowest BCUT2D eigenvalue weighted by atomic mass is 10.2. The minimum atomic E-state index is -0.337. The normalized spacial score (nSPS) is 15.0. The van der Waals surface area contributed by atoms with Crippen LogP contribution in [0.5, 0.6) is 5.75 Å². The first-order chi connectivity index (χ1) is 15.0. The summed E-state index contributed by atoms with van der Waals surface area (Å²) in [6.45, 7) is 0.581. The van der Waals surface area contributed by atoms with Gasteiger partial charge in [0.25, 0.3) is 11.1 Å². The van der Waals surface area contributed by atoms with Gasteiger partial charge in [-0.1, -0.05) is 71.7 Å². The maximum atomic E-state index is 12.7. The Balaban J connectivity index is 1.46. The van der Waals surface area contributed by atoms with Crippen molar-refractivity contribution in [1.82, 2.24) is 4.90 Å². The highest BCUT2D eigenvalue weighted by molar-refractivity contribution is 8.18. The van der Waals surface area contributed by atoms with Crippen molar-refractivity contribution in [2.24, 2.45) is 0 Å². The fourth-order valence-corrected chi connectivity index (χ4v) is 4.36. The summed E-state index contributed by atoms with van der Waals surface area (Å²) >= 11 is 13.3. The zero-order valence-corrected chi connectivity index (χ0v) is 18.6. The fourth-order valence-electron chi connectivity index (χ4n) is 3.06. The number of rotatable bonds is 6. The molecule has 4 nitrogen and oxygen atoms in total. The van der Waals surface area contributed by atoms with E-state index in [0.717, 1.165) is 22.9 Å². The summed E-state index contributed by atoms with van der Waals surface area (Å²) in [4.78, 5) is 26.7. The molecule has 0 atom stereocenters. The topological polar surface area (TPSA) is 46.6 Å². The first kappa shape index (κ1) is 21.5. The first-order valence-corrected chi connectivity index (χ1v) is 11.0. The van der Waals surface area contributed by atoms with Crippen LogP contribution in [-0.4, -0.2) is 16.0 Å². The number of amides is 2. The van der Waals surface area contributed by atoms with Crippen LogP contribution in [0, 0.1) is 0 Å². The van der Waals surface area contributed by atoms with Crippen molar-refractivity contribution in [3.05, 3.63) is 104 Å². The maximum absolute atomic E-state index is 12.7. The third-order valence-electron chi connectivity index (χ3n) is 4.59. The lowest BCUT2D eigenvalue weighted by Crippen LogP contribution is -2.27. The highest BCUT2D eigenvalue weighted by Crippen LogP contribution is 2.35. The summed E-state index contributed by atoms with van der Waals surface area (Å²) in [6, 6.07) is 22.2. The quantitative estimate of drug-likeness (QED) is 0.372. The lowest BCUT2D eigenvalue weighted by molar-refractivity contribution is -0.123. The predicted octanol–water partition coefficient (Wildman–Crippen LogP) is 6.81. The van der Waals surface area contributed by atoms with Crippen LogP contribution in [0.4, 0.5) is 4.79 Å². The van der Waals surface area contributed by atoms with E-state index >= 15 is 0 Å². The van der Waals surface area contributed by atoms with Crippen LogP contribution in [0.25, 0.3) is 6.08 Å². The van der Waals surface area contributed by atoms with Gasteiger partial charge in [0.15, 0.2) is 0 Å². The zero-order chi connectivity index (χ0) is 21.8. The Morgan fingerprint density at radius 2 is 1.68 bits per heavy atom. The molecule has 1 aliphatic heterocycles. The molecular formula is C24H17Cl2NO3S. The molecule has 2 amide bonds. The molecule has 1 fully saturated rings. The van der Waals surface area contributed by atoms with Crippen molar-refractivity contribution in [1.29, 1.82) is 0 Å². The number of carbonyl (C=O) groups is 2. The summed E-state index contributed by atoms with van der Waals surface area (Å²) in [5.74, 6) is 0.215. The standard InChI is InChI=1S/C24H17Cl2NO3S/c25-19-8-4-7-18(11-19)14-27-23(28)22(31-24(27)29)13-17-9-10-21(20(26)12-17)30-15-16-5-2-1-3-6-16/h1-13H,14-15H2/b22-13-. The average molecular weight is 470 g/mol. The molecule has 0 aliphatic carbocycles. The number of imide groups is 1. The second kappa shape index (κ2) is 9.60. The lowest BCUT2D eigenvalue weighted by Gasteiger charge is -2.12. The van der Waals surface area contributed by atoms with Crippen LogP contribution in [0.1, 0.15) is 16.7 Å². The van der Waals surface area contributed by atoms with E-state index in [-0.39, 0.29) is 17.7 Å². The van der Waals surface area contributed by atoms with E-state index < -0.39 is 0 Å². The van der Waals surface area contributed by atoms with Crippen molar-refractivity contribution in [2.45, 2.75) is 13.2 Å². The number of carbonyl (C=O) groups excluding carboxylic acids is 2. The van der Waals surface area contributed by atoms with E-state index in [4.69, 9.17) is 27.9 Å². The number of benzene rings is 3. The van der Waals surface area contributed by atoms with Crippen molar-refractivity contribution in [3.63, 3.8) is 0 Å². The molecule has 0 saturated carbocycles. The molecule has 4 rings (SSSR count). The second-order valence-electron chi connectivity index (χ2n) is 6.86. The van der Waals surface area contributed by atoms with Crippen molar-refractivity contribution in [2.75, 3.05) is 0 Å². The molecule has 156 valence electrons. The van der Waals surface area contributed by atoms with Gasteiger partial charge in [-0.3, -0.25) is 14.5 Å². The van der Waals surface area contributed by atoms with Gasteiger partial charge >= 0.3 is 0 Å². The van der Waals surface area contributed by atoms with Gasteiger partial charge in [-0.2, -0.15) is 0 Å². The Hall–Kier alpha value is -2.73. The van der Waals surface area contributed by atoms with Gasteiger partial charge in [0, 0.05) is 5.02 Å².